The van der Waals surface area contributed by atoms with Crippen LogP contribution in [0.4, 0.5) is 0 Å². The van der Waals surface area contributed by atoms with Crippen molar-refractivity contribution in [3.05, 3.63) is 29.3 Å². The molecule has 0 spiro atoms. The summed E-state index contributed by atoms with van der Waals surface area (Å²) in [7, 11) is 0. The van der Waals surface area contributed by atoms with E-state index in [1.165, 1.54) is 12.8 Å². The van der Waals surface area contributed by atoms with Crippen LogP contribution in [0, 0.1) is 12.8 Å². The van der Waals surface area contributed by atoms with Crippen molar-refractivity contribution in [1.82, 2.24) is 4.90 Å². The SMILES string of the molecule is Cc1ccc(C(C)N2CCCC(C)C2)c(O)c1. The van der Waals surface area contributed by atoms with Gasteiger partial charge in [-0.15, -0.1) is 0 Å². The van der Waals surface area contributed by atoms with Gasteiger partial charge in [-0.05, 0) is 50.8 Å². The molecule has 2 unspecified atom stereocenters. The zero-order valence-electron chi connectivity index (χ0n) is 11.1. The Balaban J connectivity index is 2.15. The van der Waals surface area contributed by atoms with Crippen molar-refractivity contribution in [2.75, 3.05) is 13.1 Å². The molecule has 2 rings (SSSR count). The summed E-state index contributed by atoms with van der Waals surface area (Å²) in [5.41, 5.74) is 2.18. The van der Waals surface area contributed by atoms with E-state index in [0.29, 0.717) is 11.8 Å². The summed E-state index contributed by atoms with van der Waals surface area (Å²) in [6.07, 6.45) is 2.61. The van der Waals surface area contributed by atoms with Crippen molar-refractivity contribution in [2.45, 2.75) is 39.7 Å². The molecule has 0 aromatic heterocycles. The summed E-state index contributed by atoms with van der Waals surface area (Å²) in [6.45, 7) is 8.82. The highest BCUT2D eigenvalue weighted by atomic mass is 16.3. The fourth-order valence-electron chi connectivity index (χ4n) is 2.78. The first-order valence-electron chi connectivity index (χ1n) is 6.61. The molecule has 1 aromatic rings. The minimum absolute atomic E-state index is 0.318. The van der Waals surface area contributed by atoms with Gasteiger partial charge >= 0.3 is 0 Å². The van der Waals surface area contributed by atoms with Crippen LogP contribution in [0.2, 0.25) is 0 Å². The second-order valence-corrected chi connectivity index (χ2v) is 5.48. The zero-order valence-corrected chi connectivity index (χ0v) is 11.1. The molecule has 1 aromatic carbocycles. The minimum Gasteiger partial charge on any atom is -0.508 e. The number of hydrogen-bond donors (Lipinski definition) is 1. The standard InChI is InChI=1S/C15H23NO/c1-11-6-7-14(15(17)9-11)13(3)16-8-4-5-12(2)10-16/h6-7,9,12-13,17H,4-5,8,10H2,1-3H3. The molecule has 0 amide bonds. The molecule has 1 aliphatic rings. The molecule has 1 fully saturated rings. The second-order valence-electron chi connectivity index (χ2n) is 5.48. The highest BCUT2D eigenvalue weighted by Gasteiger charge is 2.23. The lowest BCUT2D eigenvalue weighted by molar-refractivity contribution is 0.137. The second kappa shape index (κ2) is 5.09. The summed E-state index contributed by atoms with van der Waals surface area (Å²) < 4.78 is 0. The first-order valence-corrected chi connectivity index (χ1v) is 6.61. The average Bonchev–Trinajstić information content (AvgIpc) is 2.28. The van der Waals surface area contributed by atoms with Crippen LogP contribution in [-0.4, -0.2) is 23.1 Å². The molecule has 2 atom stereocenters. The minimum atomic E-state index is 0.318. The Bertz CT molecular complexity index is 389. The first kappa shape index (κ1) is 12.4. The third kappa shape index (κ3) is 2.81. The van der Waals surface area contributed by atoms with Gasteiger partial charge in [0.25, 0.3) is 0 Å². The summed E-state index contributed by atoms with van der Waals surface area (Å²) in [4.78, 5) is 2.48. The van der Waals surface area contributed by atoms with Gasteiger partial charge in [0.15, 0.2) is 0 Å². The van der Waals surface area contributed by atoms with Crippen molar-refractivity contribution < 1.29 is 5.11 Å². The van der Waals surface area contributed by atoms with Crippen LogP contribution in [-0.2, 0) is 0 Å². The van der Waals surface area contributed by atoms with Crippen LogP contribution < -0.4 is 0 Å². The maximum Gasteiger partial charge on any atom is 0.120 e. The number of benzene rings is 1. The number of piperidine rings is 1. The van der Waals surface area contributed by atoms with Gasteiger partial charge in [-0.25, -0.2) is 0 Å². The molecule has 94 valence electrons. The van der Waals surface area contributed by atoms with Crippen molar-refractivity contribution in [2.24, 2.45) is 5.92 Å². The topological polar surface area (TPSA) is 23.5 Å². The van der Waals surface area contributed by atoms with Gasteiger partial charge in [-0.1, -0.05) is 19.1 Å². The number of nitrogens with zero attached hydrogens (tertiary/aromatic N) is 1. The fourth-order valence-corrected chi connectivity index (χ4v) is 2.78. The molecule has 0 bridgehead atoms. The molecule has 1 saturated heterocycles. The van der Waals surface area contributed by atoms with Crippen molar-refractivity contribution in [3.8, 4) is 5.75 Å². The third-order valence-corrected chi connectivity index (χ3v) is 3.87. The zero-order chi connectivity index (χ0) is 12.4. The van der Waals surface area contributed by atoms with E-state index in [1.54, 1.807) is 0 Å². The maximum absolute atomic E-state index is 10.0. The molecule has 1 N–H and O–H groups in total. The van der Waals surface area contributed by atoms with Gasteiger partial charge in [0.05, 0.1) is 0 Å². The monoisotopic (exact) mass is 233 g/mol. The number of likely N-dealkylation sites (tertiary alicyclic amines) is 1. The van der Waals surface area contributed by atoms with Crippen molar-refractivity contribution in [3.63, 3.8) is 0 Å². The molecule has 0 aliphatic carbocycles. The Hall–Kier alpha value is -1.02. The number of rotatable bonds is 2. The van der Waals surface area contributed by atoms with E-state index in [9.17, 15) is 5.11 Å². The lowest BCUT2D eigenvalue weighted by Gasteiger charge is -2.36. The van der Waals surface area contributed by atoms with Gasteiger partial charge in [-0.3, -0.25) is 4.90 Å². The van der Waals surface area contributed by atoms with Crippen LogP contribution in [0.25, 0.3) is 0 Å². The number of aryl methyl sites for hydroxylation is 1. The van der Waals surface area contributed by atoms with Gasteiger partial charge in [0, 0.05) is 18.2 Å². The molecule has 2 heteroatoms. The molecule has 0 radical (unpaired) electrons. The Labute approximate surface area is 104 Å². The molecule has 17 heavy (non-hydrogen) atoms. The van der Waals surface area contributed by atoms with Crippen LogP contribution in [0.5, 0.6) is 5.75 Å². The summed E-state index contributed by atoms with van der Waals surface area (Å²) >= 11 is 0. The molecule has 1 aliphatic heterocycles. The Morgan fingerprint density at radius 1 is 1.41 bits per heavy atom. The molecular formula is C15H23NO. The summed E-state index contributed by atoms with van der Waals surface area (Å²) in [6, 6.07) is 6.32. The Kier molecular flexibility index (Phi) is 3.72. The Morgan fingerprint density at radius 3 is 2.82 bits per heavy atom. The molecular weight excluding hydrogens is 210 g/mol. The van der Waals surface area contributed by atoms with E-state index in [2.05, 4.69) is 30.9 Å². The average molecular weight is 233 g/mol. The van der Waals surface area contributed by atoms with Crippen LogP contribution in [0.1, 0.15) is 43.9 Å². The number of phenolic OH excluding ortho intramolecular Hbond substituents is 1. The van der Waals surface area contributed by atoms with E-state index >= 15 is 0 Å². The maximum atomic E-state index is 10.0. The Morgan fingerprint density at radius 2 is 2.18 bits per heavy atom. The lowest BCUT2D eigenvalue weighted by Crippen LogP contribution is -2.36. The number of phenols is 1. The van der Waals surface area contributed by atoms with Gasteiger partial charge in [0.1, 0.15) is 5.75 Å². The molecule has 1 heterocycles. The van der Waals surface area contributed by atoms with Crippen LogP contribution in [0.3, 0.4) is 0 Å². The summed E-state index contributed by atoms with van der Waals surface area (Å²) in [5, 5.41) is 10.0. The normalized spacial score (nSPS) is 23.6. The highest BCUT2D eigenvalue weighted by molar-refractivity contribution is 5.37. The summed E-state index contributed by atoms with van der Waals surface area (Å²) in [5.74, 6) is 1.22. The van der Waals surface area contributed by atoms with Crippen molar-refractivity contribution >= 4 is 0 Å². The lowest BCUT2D eigenvalue weighted by atomic mass is 9.96. The van der Waals surface area contributed by atoms with Gasteiger partial charge < -0.3 is 5.11 Å². The number of aromatic hydroxyl groups is 1. The third-order valence-electron chi connectivity index (χ3n) is 3.87. The van der Waals surface area contributed by atoms with Crippen LogP contribution >= 0.6 is 0 Å². The van der Waals surface area contributed by atoms with E-state index in [0.717, 1.165) is 30.1 Å². The predicted molar refractivity (Wildman–Crippen MR) is 71.2 cm³/mol. The first-order chi connectivity index (χ1) is 8.08. The van der Waals surface area contributed by atoms with E-state index < -0.39 is 0 Å². The molecule has 2 nitrogen and oxygen atoms in total. The molecule has 0 saturated carbocycles. The van der Waals surface area contributed by atoms with E-state index in [1.807, 2.05) is 13.0 Å². The van der Waals surface area contributed by atoms with E-state index in [-0.39, 0.29) is 0 Å². The van der Waals surface area contributed by atoms with Gasteiger partial charge in [-0.2, -0.15) is 0 Å². The largest absolute Gasteiger partial charge is 0.508 e. The van der Waals surface area contributed by atoms with Crippen LogP contribution in [0.15, 0.2) is 18.2 Å². The smallest absolute Gasteiger partial charge is 0.120 e. The number of hydrogen-bond acceptors (Lipinski definition) is 2. The fraction of sp³-hybridized carbons (Fsp3) is 0.600. The van der Waals surface area contributed by atoms with Gasteiger partial charge in [0.2, 0.25) is 0 Å². The van der Waals surface area contributed by atoms with Crippen molar-refractivity contribution in [1.29, 1.82) is 0 Å². The highest BCUT2D eigenvalue weighted by Crippen LogP contribution is 2.31. The predicted octanol–water partition coefficient (Wildman–Crippen LogP) is 3.49. The quantitative estimate of drug-likeness (QED) is 0.845. The van der Waals surface area contributed by atoms with E-state index in [4.69, 9.17) is 0 Å².